The van der Waals surface area contributed by atoms with Crippen LogP contribution in [0.25, 0.3) is 0 Å². The van der Waals surface area contributed by atoms with Crippen LogP contribution in [0.1, 0.15) is 53.0 Å². The van der Waals surface area contributed by atoms with Crippen LogP contribution in [0.3, 0.4) is 0 Å². The monoisotopic (exact) mass is 437 g/mol. The van der Waals surface area contributed by atoms with Gasteiger partial charge in [0, 0.05) is 26.7 Å². The highest BCUT2D eigenvalue weighted by Crippen LogP contribution is 2.31. The Kier molecular flexibility index (Phi) is 9.18. The summed E-state index contributed by atoms with van der Waals surface area (Å²) in [6.45, 7) is 8.09. The summed E-state index contributed by atoms with van der Waals surface area (Å²) in [4.78, 5) is 47.0. The number of nitrogens with two attached hydrogens (primary N) is 1. The normalized spacial score (nSPS) is 13.0. The Bertz CT molecular complexity index is 827. The Morgan fingerprint density at radius 1 is 0.968 bits per heavy atom. The van der Waals surface area contributed by atoms with Gasteiger partial charge in [0.15, 0.2) is 11.5 Å². The molecule has 0 saturated carbocycles. The second kappa shape index (κ2) is 10.9. The zero-order valence-corrected chi connectivity index (χ0v) is 18.9. The summed E-state index contributed by atoms with van der Waals surface area (Å²) >= 11 is 0. The molecule has 0 saturated heterocycles. The molecule has 1 atom stereocenters. The third-order valence-corrected chi connectivity index (χ3v) is 4.11. The van der Waals surface area contributed by atoms with Crippen molar-refractivity contribution in [3.8, 4) is 11.5 Å². The highest BCUT2D eigenvalue weighted by Gasteiger charge is 2.36. The predicted octanol–water partition coefficient (Wildman–Crippen LogP) is 2.32. The number of benzene rings is 1. The molecule has 0 spiro atoms. The molecule has 0 bridgehead atoms. The second-order valence-electron chi connectivity index (χ2n) is 8.50. The molecule has 0 unspecified atom stereocenters. The van der Waals surface area contributed by atoms with Crippen molar-refractivity contribution in [3.63, 3.8) is 0 Å². The van der Waals surface area contributed by atoms with Crippen molar-refractivity contribution >= 4 is 23.9 Å². The van der Waals surface area contributed by atoms with E-state index in [0.717, 1.165) is 0 Å². The molecule has 31 heavy (non-hydrogen) atoms. The topological polar surface area (TPSA) is 131 Å². The first-order valence-corrected chi connectivity index (χ1v) is 9.78. The lowest BCUT2D eigenvalue weighted by molar-refractivity contribution is -0.152. The first kappa shape index (κ1) is 26.1. The standard InChI is InChI=1S/C22H31NO8/c1-14(24)30-17-8-7-16(11-18(17)31-15(2)25)12-22(23,20(27)28-6)9-10-29-19(26)13-21(3,4)5/h7-8,11H,9-10,12-13,23H2,1-6H3/t22-/m1/s1. The van der Waals surface area contributed by atoms with E-state index in [4.69, 9.17) is 24.7 Å². The van der Waals surface area contributed by atoms with E-state index in [1.807, 2.05) is 20.8 Å². The summed E-state index contributed by atoms with van der Waals surface area (Å²) in [7, 11) is 1.21. The van der Waals surface area contributed by atoms with E-state index in [1.165, 1.54) is 33.1 Å². The fraction of sp³-hybridized carbons (Fsp3) is 0.545. The minimum atomic E-state index is -1.49. The minimum Gasteiger partial charge on any atom is -0.468 e. The molecule has 0 aromatic heterocycles. The lowest BCUT2D eigenvalue weighted by Crippen LogP contribution is -2.51. The maximum atomic E-state index is 12.4. The Hall–Kier alpha value is -2.94. The number of esters is 4. The SMILES string of the molecule is COC(=O)[C@@](N)(CCOC(=O)CC(C)(C)C)Cc1ccc(OC(C)=O)c(OC(C)=O)c1. The molecule has 0 aliphatic rings. The number of carbonyl (C=O) groups excluding carboxylic acids is 4. The van der Waals surface area contributed by atoms with Crippen LogP contribution in [-0.4, -0.2) is 43.1 Å². The molecule has 0 heterocycles. The Morgan fingerprint density at radius 3 is 2.06 bits per heavy atom. The minimum absolute atomic E-state index is 0.00507. The fourth-order valence-electron chi connectivity index (χ4n) is 2.80. The van der Waals surface area contributed by atoms with Gasteiger partial charge in [-0.15, -0.1) is 0 Å². The van der Waals surface area contributed by atoms with Gasteiger partial charge in [0.05, 0.1) is 20.1 Å². The van der Waals surface area contributed by atoms with Crippen LogP contribution in [-0.2, 0) is 35.1 Å². The maximum absolute atomic E-state index is 12.4. The number of rotatable bonds is 9. The first-order valence-electron chi connectivity index (χ1n) is 9.78. The summed E-state index contributed by atoms with van der Waals surface area (Å²) in [5.74, 6) is -2.18. The molecule has 0 amide bonds. The van der Waals surface area contributed by atoms with E-state index in [-0.39, 0.29) is 48.8 Å². The van der Waals surface area contributed by atoms with Crippen molar-refractivity contribution < 1.29 is 38.1 Å². The van der Waals surface area contributed by atoms with E-state index in [1.54, 1.807) is 6.07 Å². The molecule has 0 fully saturated rings. The number of carbonyl (C=O) groups is 4. The molecule has 0 radical (unpaired) electrons. The molecule has 1 rings (SSSR count). The highest BCUT2D eigenvalue weighted by molar-refractivity contribution is 5.81. The van der Waals surface area contributed by atoms with Crippen LogP contribution in [0, 0.1) is 5.41 Å². The molecule has 0 aliphatic heterocycles. The van der Waals surface area contributed by atoms with Crippen LogP contribution in [0.2, 0.25) is 0 Å². The van der Waals surface area contributed by atoms with Crippen LogP contribution < -0.4 is 15.2 Å². The van der Waals surface area contributed by atoms with Crippen molar-refractivity contribution in [2.45, 2.75) is 59.4 Å². The van der Waals surface area contributed by atoms with E-state index >= 15 is 0 Å². The maximum Gasteiger partial charge on any atom is 0.326 e. The summed E-state index contributed by atoms with van der Waals surface area (Å²) in [5, 5.41) is 0. The van der Waals surface area contributed by atoms with Crippen molar-refractivity contribution in [3.05, 3.63) is 23.8 Å². The Morgan fingerprint density at radius 2 is 1.55 bits per heavy atom. The van der Waals surface area contributed by atoms with E-state index in [0.29, 0.717) is 5.56 Å². The van der Waals surface area contributed by atoms with E-state index in [9.17, 15) is 19.2 Å². The summed E-state index contributed by atoms with van der Waals surface area (Å²) in [6, 6.07) is 4.48. The van der Waals surface area contributed by atoms with Gasteiger partial charge in [0.1, 0.15) is 5.54 Å². The van der Waals surface area contributed by atoms with Gasteiger partial charge in [-0.3, -0.25) is 19.2 Å². The number of ether oxygens (including phenoxy) is 4. The first-order chi connectivity index (χ1) is 14.3. The lowest BCUT2D eigenvalue weighted by Gasteiger charge is -2.27. The zero-order valence-electron chi connectivity index (χ0n) is 18.9. The second-order valence-corrected chi connectivity index (χ2v) is 8.50. The molecule has 9 heteroatoms. The van der Waals surface area contributed by atoms with Gasteiger partial charge in [-0.05, 0) is 23.1 Å². The largest absolute Gasteiger partial charge is 0.468 e. The van der Waals surface area contributed by atoms with E-state index < -0.39 is 23.4 Å². The summed E-state index contributed by atoms with van der Waals surface area (Å²) < 4.78 is 20.2. The molecule has 172 valence electrons. The molecule has 1 aromatic carbocycles. The van der Waals surface area contributed by atoms with Crippen LogP contribution >= 0.6 is 0 Å². The predicted molar refractivity (Wildman–Crippen MR) is 111 cm³/mol. The number of hydrogen-bond donors (Lipinski definition) is 1. The van der Waals surface area contributed by atoms with Crippen LogP contribution in [0.5, 0.6) is 11.5 Å². The molecule has 9 nitrogen and oxygen atoms in total. The molecular weight excluding hydrogens is 406 g/mol. The third-order valence-electron chi connectivity index (χ3n) is 4.11. The molecular formula is C22H31NO8. The molecule has 1 aromatic rings. The average molecular weight is 437 g/mol. The lowest BCUT2D eigenvalue weighted by atomic mass is 9.88. The van der Waals surface area contributed by atoms with Crippen LogP contribution in [0.15, 0.2) is 18.2 Å². The summed E-state index contributed by atoms with van der Waals surface area (Å²) in [5.41, 5.74) is 5.12. The quantitative estimate of drug-likeness (QED) is 0.456. The van der Waals surface area contributed by atoms with Gasteiger partial charge in [-0.1, -0.05) is 26.8 Å². The van der Waals surface area contributed by atoms with Gasteiger partial charge in [0.25, 0.3) is 0 Å². The van der Waals surface area contributed by atoms with E-state index in [2.05, 4.69) is 0 Å². The highest BCUT2D eigenvalue weighted by atomic mass is 16.6. The zero-order chi connectivity index (χ0) is 23.8. The van der Waals surface area contributed by atoms with Gasteiger partial charge >= 0.3 is 23.9 Å². The molecule has 2 N–H and O–H groups in total. The number of methoxy groups -OCH3 is 1. The third kappa shape index (κ3) is 9.17. The number of hydrogen-bond acceptors (Lipinski definition) is 9. The van der Waals surface area contributed by atoms with Crippen molar-refractivity contribution in [1.29, 1.82) is 0 Å². The molecule has 0 aliphatic carbocycles. The van der Waals surface area contributed by atoms with Gasteiger partial charge in [0.2, 0.25) is 0 Å². The van der Waals surface area contributed by atoms with Gasteiger partial charge < -0.3 is 24.7 Å². The fourth-order valence-corrected chi connectivity index (χ4v) is 2.80. The van der Waals surface area contributed by atoms with Gasteiger partial charge in [-0.2, -0.15) is 0 Å². The van der Waals surface area contributed by atoms with Gasteiger partial charge in [-0.25, -0.2) is 0 Å². The Labute approximate surface area is 182 Å². The smallest absolute Gasteiger partial charge is 0.326 e. The summed E-state index contributed by atoms with van der Waals surface area (Å²) in [6.07, 6.45) is 0.251. The average Bonchev–Trinajstić information content (AvgIpc) is 2.60. The van der Waals surface area contributed by atoms with Crippen LogP contribution in [0.4, 0.5) is 0 Å². The van der Waals surface area contributed by atoms with Crippen molar-refractivity contribution in [2.75, 3.05) is 13.7 Å². The van der Waals surface area contributed by atoms with Crippen molar-refractivity contribution in [1.82, 2.24) is 0 Å². The van der Waals surface area contributed by atoms with Crippen molar-refractivity contribution in [2.24, 2.45) is 11.1 Å². The Balaban J connectivity index is 3.02.